The summed E-state index contributed by atoms with van der Waals surface area (Å²) >= 11 is 0. The molecular formula is C16H12O6. The van der Waals surface area contributed by atoms with Gasteiger partial charge in [-0.05, 0) is 34.0 Å². The van der Waals surface area contributed by atoms with Crippen LogP contribution in [0.4, 0.5) is 9.59 Å². The maximum Gasteiger partial charge on any atom is 0.511 e. The van der Waals surface area contributed by atoms with Gasteiger partial charge in [-0.25, -0.2) is 9.59 Å². The fraction of sp³-hybridized carbons (Fsp3) is 0.125. The second kappa shape index (κ2) is 5.40. The highest BCUT2D eigenvalue weighted by molar-refractivity contribution is 5.87. The highest BCUT2D eigenvalue weighted by atomic mass is 16.7. The third-order valence-corrected chi connectivity index (χ3v) is 3.48. The first kappa shape index (κ1) is 13.9. The molecule has 112 valence electrons. The smallest absolute Gasteiger partial charge is 0.450 e. The first-order valence-electron chi connectivity index (χ1n) is 6.56. The summed E-state index contributed by atoms with van der Waals surface area (Å²) in [6.07, 6.45) is -2.22. The van der Waals surface area contributed by atoms with E-state index < -0.39 is 18.4 Å². The summed E-state index contributed by atoms with van der Waals surface area (Å²) in [6, 6.07) is 11.6. The molecule has 0 radical (unpaired) electrons. The zero-order valence-electron chi connectivity index (χ0n) is 11.4. The standard InChI is InChI=1S/C16H12O6/c17-15(18)21-13-7-11-5-9-3-1-2-4-10(9)6-12(11)8-14(13)22-16(19)20/h1-7,14H,8H2,(H,17,18)(H,19,20). The van der Waals surface area contributed by atoms with E-state index in [1.54, 1.807) is 0 Å². The van der Waals surface area contributed by atoms with Crippen LogP contribution in [0.2, 0.25) is 0 Å². The Morgan fingerprint density at radius 2 is 1.73 bits per heavy atom. The number of hydrogen-bond donors (Lipinski definition) is 2. The molecule has 1 aliphatic rings. The number of benzene rings is 2. The van der Waals surface area contributed by atoms with Crippen molar-refractivity contribution in [1.29, 1.82) is 0 Å². The van der Waals surface area contributed by atoms with Crippen molar-refractivity contribution < 1.29 is 29.3 Å². The molecule has 0 bridgehead atoms. The van der Waals surface area contributed by atoms with Gasteiger partial charge < -0.3 is 19.7 Å². The minimum absolute atomic E-state index is 0.0299. The zero-order chi connectivity index (χ0) is 15.7. The Balaban J connectivity index is 2.06. The normalized spacial score (nSPS) is 16.5. The number of rotatable bonds is 2. The molecule has 0 amide bonds. The summed E-state index contributed by atoms with van der Waals surface area (Å²) < 4.78 is 9.40. The molecule has 6 nitrogen and oxygen atoms in total. The lowest BCUT2D eigenvalue weighted by molar-refractivity contribution is 0.0363. The van der Waals surface area contributed by atoms with Crippen LogP contribution in [0.15, 0.2) is 42.2 Å². The van der Waals surface area contributed by atoms with Crippen molar-refractivity contribution in [2.45, 2.75) is 12.5 Å². The van der Waals surface area contributed by atoms with Gasteiger partial charge in [0.25, 0.3) is 0 Å². The van der Waals surface area contributed by atoms with E-state index in [0.717, 1.165) is 21.9 Å². The molecule has 0 aromatic heterocycles. The zero-order valence-corrected chi connectivity index (χ0v) is 11.4. The molecule has 1 aliphatic carbocycles. The molecular weight excluding hydrogens is 288 g/mol. The number of ether oxygens (including phenoxy) is 2. The molecule has 1 unspecified atom stereocenters. The first-order chi connectivity index (χ1) is 10.5. The van der Waals surface area contributed by atoms with Crippen LogP contribution in [0.1, 0.15) is 11.1 Å². The average molecular weight is 300 g/mol. The Kier molecular flexibility index (Phi) is 3.42. The van der Waals surface area contributed by atoms with E-state index in [2.05, 4.69) is 4.74 Å². The van der Waals surface area contributed by atoms with Crippen molar-refractivity contribution in [2.75, 3.05) is 0 Å². The third kappa shape index (κ3) is 2.71. The van der Waals surface area contributed by atoms with Crippen LogP contribution in [-0.2, 0) is 15.9 Å². The third-order valence-electron chi connectivity index (χ3n) is 3.48. The van der Waals surface area contributed by atoms with Crippen LogP contribution in [-0.4, -0.2) is 28.6 Å². The monoisotopic (exact) mass is 300 g/mol. The highest BCUT2D eigenvalue weighted by Gasteiger charge is 2.28. The Labute approximate surface area is 125 Å². The van der Waals surface area contributed by atoms with Gasteiger partial charge in [-0.3, -0.25) is 0 Å². The Hall–Kier alpha value is -3.02. The van der Waals surface area contributed by atoms with Gasteiger partial charge in [-0.1, -0.05) is 30.3 Å². The predicted molar refractivity (Wildman–Crippen MR) is 77.6 cm³/mol. The maximum absolute atomic E-state index is 10.8. The number of carboxylic acid groups (broad SMARTS) is 2. The Morgan fingerprint density at radius 3 is 2.36 bits per heavy atom. The lowest BCUT2D eigenvalue weighted by atomic mass is 9.91. The topological polar surface area (TPSA) is 93.1 Å². The lowest BCUT2D eigenvalue weighted by Gasteiger charge is -2.23. The van der Waals surface area contributed by atoms with E-state index in [-0.39, 0.29) is 12.2 Å². The second-order valence-electron chi connectivity index (χ2n) is 4.89. The van der Waals surface area contributed by atoms with Gasteiger partial charge in [0.2, 0.25) is 0 Å². The molecule has 3 rings (SSSR count). The molecule has 0 fully saturated rings. The Bertz CT molecular complexity index is 792. The van der Waals surface area contributed by atoms with Gasteiger partial charge in [-0.15, -0.1) is 0 Å². The molecule has 0 aliphatic heterocycles. The summed E-state index contributed by atoms with van der Waals surface area (Å²) in [5.41, 5.74) is 1.67. The van der Waals surface area contributed by atoms with Gasteiger partial charge in [-0.2, -0.15) is 0 Å². The van der Waals surface area contributed by atoms with Crippen molar-refractivity contribution in [2.24, 2.45) is 0 Å². The van der Waals surface area contributed by atoms with Crippen molar-refractivity contribution >= 4 is 29.2 Å². The van der Waals surface area contributed by atoms with E-state index in [1.807, 2.05) is 36.4 Å². The molecule has 0 spiro atoms. The van der Waals surface area contributed by atoms with E-state index in [9.17, 15) is 9.59 Å². The quantitative estimate of drug-likeness (QED) is 0.825. The van der Waals surface area contributed by atoms with Crippen LogP contribution in [0.5, 0.6) is 0 Å². The number of fused-ring (bicyclic) bond motifs is 2. The number of carbonyl (C=O) groups is 2. The minimum atomic E-state index is -1.51. The Morgan fingerprint density at radius 1 is 1.05 bits per heavy atom. The average Bonchev–Trinajstić information content (AvgIpc) is 2.45. The SMILES string of the molecule is O=C(O)OC1=Cc2cc3ccccc3cc2CC1OC(=O)O. The molecule has 22 heavy (non-hydrogen) atoms. The number of hydrogen-bond acceptors (Lipinski definition) is 4. The van der Waals surface area contributed by atoms with Crippen molar-refractivity contribution in [1.82, 2.24) is 0 Å². The van der Waals surface area contributed by atoms with Crippen LogP contribution in [0, 0.1) is 0 Å². The molecule has 0 heterocycles. The molecule has 0 saturated heterocycles. The van der Waals surface area contributed by atoms with E-state index in [1.165, 1.54) is 6.08 Å². The van der Waals surface area contributed by atoms with Gasteiger partial charge >= 0.3 is 12.3 Å². The fourth-order valence-electron chi connectivity index (χ4n) is 2.58. The molecule has 6 heteroatoms. The highest BCUT2D eigenvalue weighted by Crippen LogP contribution is 2.30. The van der Waals surface area contributed by atoms with Gasteiger partial charge in [0.15, 0.2) is 11.9 Å². The molecule has 2 N–H and O–H groups in total. The fourth-order valence-corrected chi connectivity index (χ4v) is 2.58. The van der Waals surface area contributed by atoms with E-state index in [4.69, 9.17) is 14.9 Å². The summed E-state index contributed by atoms with van der Waals surface area (Å²) in [4.78, 5) is 21.5. The van der Waals surface area contributed by atoms with Gasteiger partial charge in [0, 0.05) is 6.42 Å². The molecule has 2 aromatic carbocycles. The molecule has 2 aromatic rings. The molecule has 0 saturated carbocycles. The van der Waals surface area contributed by atoms with Gasteiger partial charge in [0.1, 0.15) is 0 Å². The van der Waals surface area contributed by atoms with Crippen molar-refractivity contribution in [3.05, 3.63) is 53.3 Å². The van der Waals surface area contributed by atoms with Crippen LogP contribution in [0.3, 0.4) is 0 Å². The van der Waals surface area contributed by atoms with Crippen LogP contribution >= 0.6 is 0 Å². The van der Waals surface area contributed by atoms with E-state index >= 15 is 0 Å². The maximum atomic E-state index is 10.8. The van der Waals surface area contributed by atoms with Crippen LogP contribution in [0.25, 0.3) is 16.8 Å². The lowest BCUT2D eigenvalue weighted by Crippen LogP contribution is -2.27. The van der Waals surface area contributed by atoms with Crippen molar-refractivity contribution in [3.63, 3.8) is 0 Å². The van der Waals surface area contributed by atoms with Gasteiger partial charge in [0.05, 0.1) is 0 Å². The minimum Gasteiger partial charge on any atom is -0.450 e. The van der Waals surface area contributed by atoms with Crippen LogP contribution < -0.4 is 0 Å². The van der Waals surface area contributed by atoms with E-state index in [0.29, 0.717) is 0 Å². The summed E-state index contributed by atoms with van der Waals surface area (Å²) in [6.45, 7) is 0. The molecule has 1 atom stereocenters. The van der Waals surface area contributed by atoms with Crippen molar-refractivity contribution in [3.8, 4) is 0 Å². The summed E-state index contributed by atoms with van der Waals surface area (Å²) in [7, 11) is 0. The summed E-state index contributed by atoms with van der Waals surface area (Å²) in [5, 5.41) is 19.6. The second-order valence-corrected chi connectivity index (χ2v) is 4.89. The summed E-state index contributed by atoms with van der Waals surface area (Å²) in [5.74, 6) is -0.0299. The first-order valence-corrected chi connectivity index (χ1v) is 6.56. The predicted octanol–water partition coefficient (Wildman–Crippen LogP) is 3.49. The largest absolute Gasteiger partial charge is 0.511 e.